The second-order valence-corrected chi connectivity index (χ2v) is 3.21. The summed E-state index contributed by atoms with van der Waals surface area (Å²) in [6.45, 7) is 1.96. The third kappa shape index (κ3) is 1.31. The van der Waals surface area contributed by atoms with E-state index in [4.69, 9.17) is 16.6 Å². The topological polar surface area (TPSA) is 46.8 Å². The molecule has 2 rings (SSSR count). The molecule has 68 valence electrons. The summed E-state index contributed by atoms with van der Waals surface area (Å²) < 4.78 is 7.46. The van der Waals surface area contributed by atoms with E-state index >= 15 is 0 Å². The summed E-state index contributed by atoms with van der Waals surface area (Å²) in [4.78, 5) is 4.14. The Morgan fingerprint density at radius 3 is 2.85 bits per heavy atom. The quantitative estimate of drug-likeness (QED) is 0.708. The van der Waals surface area contributed by atoms with E-state index in [-0.39, 0.29) is 0 Å². The van der Waals surface area contributed by atoms with Crippen molar-refractivity contribution in [1.82, 2.24) is 14.8 Å². The van der Waals surface area contributed by atoms with E-state index in [1.807, 2.05) is 20.0 Å². The molecule has 0 amide bonds. The predicted molar refractivity (Wildman–Crippen MR) is 50.8 cm³/mol. The van der Waals surface area contributed by atoms with E-state index in [9.17, 15) is 0 Å². The summed E-state index contributed by atoms with van der Waals surface area (Å²) >= 11 is 4.97. The molecule has 2 aromatic heterocycles. The van der Waals surface area contributed by atoms with Crippen LogP contribution in [0.25, 0.3) is 11.6 Å². The maximum Gasteiger partial charge on any atom is 0.216 e. The fourth-order valence-electron chi connectivity index (χ4n) is 1.12. The molecule has 0 unspecified atom stereocenters. The second kappa shape index (κ2) is 2.85. The minimum atomic E-state index is 0.519. The van der Waals surface area contributed by atoms with E-state index < -0.39 is 0 Å². The molecule has 0 aliphatic heterocycles. The largest absolute Gasteiger partial charge is 0.461 e. The van der Waals surface area contributed by atoms with Crippen LogP contribution in [-0.2, 0) is 7.05 Å². The molecule has 4 nitrogen and oxygen atoms in total. The molecule has 2 aromatic rings. The average molecular weight is 195 g/mol. The number of nitrogens with zero attached hydrogens (tertiary/aromatic N) is 2. The van der Waals surface area contributed by atoms with Crippen molar-refractivity contribution in [3.8, 4) is 11.6 Å². The van der Waals surface area contributed by atoms with E-state index in [0.29, 0.717) is 10.6 Å². The SMILES string of the molecule is Cc1ccoc1-c1nc(=S)n(C)[nH]1. The Balaban J connectivity index is 2.59. The van der Waals surface area contributed by atoms with Gasteiger partial charge in [-0.3, -0.25) is 9.78 Å². The van der Waals surface area contributed by atoms with Crippen molar-refractivity contribution in [3.05, 3.63) is 22.7 Å². The normalized spacial score (nSPS) is 10.6. The van der Waals surface area contributed by atoms with Crippen LogP contribution in [0.5, 0.6) is 0 Å². The summed E-state index contributed by atoms with van der Waals surface area (Å²) in [6.07, 6.45) is 1.64. The van der Waals surface area contributed by atoms with Crippen molar-refractivity contribution < 1.29 is 4.42 Å². The minimum Gasteiger partial charge on any atom is -0.461 e. The number of hydrogen-bond donors (Lipinski definition) is 1. The lowest BCUT2D eigenvalue weighted by Gasteiger charge is -1.91. The first-order valence-electron chi connectivity index (χ1n) is 3.86. The fourth-order valence-corrected chi connectivity index (χ4v) is 1.26. The number of rotatable bonds is 1. The van der Waals surface area contributed by atoms with Crippen molar-refractivity contribution >= 4 is 12.2 Å². The first kappa shape index (κ1) is 8.25. The molecular weight excluding hydrogens is 186 g/mol. The summed E-state index contributed by atoms with van der Waals surface area (Å²) in [7, 11) is 1.82. The van der Waals surface area contributed by atoms with Crippen molar-refractivity contribution in [2.75, 3.05) is 0 Å². The lowest BCUT2D eigenvalue weighted by molar-refractivity contribution is 0.574. The van der Waals surface area contributed by atoms with Crippen molar-refractivity contribution in [1.29, 1.82) is 0 Å². The summed E-state index contributed by atoms with van der Waals surface area (Å²) in [5.41, 5.74) is 1.05. The van der Waals surface area contributed by atoms with E-state index in [1.165, 1.54) is 0 Å². The molecule has 0 atom stereocenters. The van der Waals surface area contributed by atoms with Crippen LogP contribution in [0.4, 0.5) is 0 Å². The van der Waals surface area contributed by atoms with Crippen LogP contribution in [0, 0.1) is 11.7 Å². The molecule has 0 aliphatic carbocycles. The van der Waals surface area contributed by atoms with E-state index in [2.05, 4.69) is 10.1 Å². The number of nitrogens with one attached hydrogen (secondary N) is 1. The van der Waals surface area contributed by atoms with Gasteiger partial charge in [0.1, 0.15) is 0 Å². The summed E-state index contributed by atoms with van der Waals surface area (Å²) in [5, 5.41) is 3.00. The van der Waals surface area contributed by atoms with Gasteiger partial charge in [-0.25, -0.2) is 0 Å². The number of H-pyrrole nitrogens is 1. The smallest absolute Gasteiger partial charge is 0.216 e. The number of aromatic amines is 1. The standard InChI is InChI=1S/C8H9N3OS/c1-5-3-4-12-6(5)7-9-8(13)11(2)10-7/h3-4H,1-2H3,(H,9,10,13). The molecule has 13 heavy (non-hydrogen) atoms. The Morgan fingerprint density at radius 2 is 2.38 bits per heavy atom. The maximum absolute atomic E-state index is 5.27. The minimum absolute atomic E-state index is 0.519. The Hall–Kier alpha value is -1.36. The van der Waals surface area contributed by atoms with Crippen molar-refractivity contribution in [2.24, 2.45) is 7.05 Å². The lowest BCUT2D eigenvalue weighted by Crippen LogP contribution is -1.89. The molecule has 0 saturated heterocycles. The van der Waals surface area contributed by atoms with Gasteiger partial charge in [0.05, 0.1) is 6.26 Å². The second-order valence-electron chi connectivity index (χ2n) is 2.85. The highest BCUT2D eigenvalue weighted by atomic mass is 32.1. The van der Waals surface area contributed by atoms with Crippen LogP contribution < -0.4 is 0 Å². The molecule has 2 heterocycles. The van der Waals surface area contributed by atoms with E-state index in [0.717, 1.165) is 11.3 Å². The van der Waals surface area contributed by atoms with Crippen LogP contribution in [-0.4, -0.2) is 14.8 Å². The number of hydrogen-bond acceptors (Lipinski definition) is 3. The third-order valence-corrected chi connectivity index (χ3v) is 2.21. The Labute approximate surface area is 80.2 Å². The number of aromatic nitrogens is 3. The van der Waals surface area contributed by atoms with Gasteiger partial charge < -0.3 is 4.42 Å². The van der Waals surface area contributed by atoms with Crippen LogP contribution >= 0.6 is 12.2 Å². The zero-order valence-electron chi connectivity index (χ0n) is 7.37. The van der Waals surface area contributed by atoms with Gasteiger partial charge in [0.2, 0.25) is 4.77 Å². The average Bonchev–Trinajstić information content (AvgIpc) is 2.60. The molecule has 0 radical (unpaired) electrons. The molecule has 0 bridgehead atoms. The molecule has 1 N–H and O–H groups in total. The van der Waals surface area contributed by atoms with Gasteiger partial charge in [-0.15, -0.1) is 0 Å². The molecule has 0 spiro atoms. The van der Waals surface area contributed by atoms with Crippen LogP contribution in [0.1, 0.15) is 5.56 Å². The van der Waals surface area contributed by atoms with Gasteiger partial charge >= 0.3 is 0 Å². The zero-order valence-corrected chi connectivity index (χ0v) is 8.18. The number of furan rings is 1. The van der Waals surface area contributed by atoms with Gasteiger partial charge in [0.25, 0.3) is 0 Å². The van der Waals surface area contributed by atoms with Crippen molar-refractivity contribution in [3.63, 3.8) is 0 Å². The summed E-state index contributed by atoms with van der Waals surface area (Å²) in [5.74, 6) is 1.42. The van der Waals surface area contributed by atoms with Gasteiger partial charge in [-0.2, -0.15) is 4.98 Å². The zero-order chi connectivity index (χ0) is 9.42. The molecule has 5 heteroatoms. The van der Waals surface area contributed by atoms with E-state index in [1.54, 1.807) is 10.9 Å². The highest BCUT2D eigenvalue weighted by molar-refractivity contribution is 7.71. The van der Waals surface area contributed by atoms with Gasteiger partial charge in [0, 0.05) is 7.05 Å². The molecule has 0 aromatic carbocycles. The molecule has 0 saturated carbocycles. The first-order valence-corrected chi connectivity index (χ1v) is 4.27. The molecule has 0 fully saturated rings. The van der Waals surface area contributed by atoms with Gasteiger partial charge in [-0.05, 0) is 30.8 Å². The van der Waals surface area contributed by atoms with Gasteiger partial charge in [-0.1, -0.05) is 0 Å². The molecular formula is C8H9N3OS. The molecule has 0 aliphatic rings. The Kier molecular flexibility index (Phi) is 1.81. The van der Waals surface area contributed by atoms with Crippen molar-refractivity contribution in [2.45, 2.75) is 6.92 Å². The number of aryl methyl sites for hydroxylation is 2. The van der Waals surface area contributed by atoms with Crippen LogP contribution in [0.2, 0.25) is 0 Å². The first-order chi connectivity index (χ1) is 6.18. The predicted octanol–water partition coefficient (Wildman–Crippen LogP) is 2.05. The fraction of sp³-hybridized carbons (Fsp3) is 0.250. The third-order valence-electron chi connectivity index (χ3n) is 1.85. The monoisotopic (exact) mass is 195 g/mol. The highest BCUT2D eigenvalue weighted by Gasteiger charge is 2.08. The Morgan fingerprint density at radius 1 is 1.62 bits per heavy atom. The maximum atomic E-state index is 5.27. The summed E-state index contributed by atoms with van der Waals surface area (Å²) in [6, 6.07) is 1.89. The Bertz CT molecular complexity index is 480. The highest BCUT2D eigenvalue weighted by Crippen LogP contribution is 2.19. The van der Waals surface area contributed by atoms with Gasteiger partial charge in [0.15, 0.2) is 11.6 Å². The van der Waals surface area contributed by atoms with Crippen LogP contribution in [0.15, 0.2) is 16.7 Å². The van der Waals surface area contributed by atoms with Crippen LogP contribution in [0.3, 0.4) is 0 Å². The lowest BCUT2D eigenvalue weighted by atomic mass is 10.3.